The average molecular weight is 351 g/mol. The Labute approximate surface area is 151 Å². The highest BCUT2D eigenvalue weighted by atomic mass is 16.1. The Kier molecular flexibility index (Phi) is 4.97. The fraction of sp³-hybridized carbons (Fsp3) is 0.263. The maximum atomic E-state index is 12.6. The molecule has 2 heterocycles. The summed E-state index contributed by atoms with van der Waals surface area (Å²) in [5.74, 6) is -0.163. The third-order valence-electron chi connectivity index (χ3n) is 4.32. The minimum Gasteiger partial charge on any atom is -0.344 e. The Bertz CT molecular complexity index is 972. The molecule has 0 bridgehead atoms. The monoisotopic (exact) mass is 351 g/mol. The maximum Gasteiger partial charge on any atom is 0.272 e. The Morgan fingerprint density at radius 3 is 2.62 bits per heavy atom. The second-order valence-corrected chi connectivity index (χ2v) is 6.14. The van der Waals surface area contributed by atoms with Gasteiger partial charge in [-0.25, -0.2) is 5.10 Å². The van der Waals surface area contributed by atoms with Gasteiger partial charge in [0.1, 0.15) is 0 Å². The van der Waals surface area contributed by atoms with Gasteiger partial charge in [-0.2, -0.15) is 10.2 Å². The molecule has 2 N–H and O–H groups in total. The number of amides is 1. The summed E-state index contributed by atoms with van der Waals surface area (Å²) in [6.07, 6.45) is 2.47. The predicted molar refractivity (Wildman–Crippen MR) is 98.7 cm³/mol. The summed E-state index contributed by atoms with van der Waals surface area (Å²) in [5.41, 5.74) is 3.24. The van der Waals surface area contributed by atoms with E-state index in [0.717, 1.165) is 23.4 Å². The second-order valence-electron chi connectivity index (χ2n) is 6.14. The maximum absolute atomic E-state index is 12.6. The zero-order valence-electron chi connectivity index (χ0n) is 15.0. The van der Waals surface area contributed by atoms with Gasteiger partial charge in [0.15, 0.2) is 0 Å². The molecule has 0 aliphatic rings. The molecule has 0 saturated carbocycles. The number of nitrogens with zero attached hydrogens (tertiary/aromatic N) is 3. The van der Waals surface area contributed by atoms with E-state index in [2.05, 4.69) is 20.6 Å². The van der Waals surface area contributed by atoms with Crippen LogP contribution in [0.1, 0.15) is 41.1 Å². The molecule has 1 aromatic carbocycles. The van der Waals surface area contributed by atoms with Crippen LogP contribution in [0, 0.1) is 6.92 Å². The van der Waals surface area contributed by atoms with Crippen molar-refractivity contribution in [2.45, 2.75) is 26.3 Å². The fourth-order valence-corrected chi connectivity index (χ4v) is 2.87. The topological polar surface area (TPSA) is 92.7 Å². The summed E-state index contributed by atoms with van der Waals surface area (Å²) >= 11 is 0. The van der Waals surface area contributed by atoms with Crippen molar-refractivity contribution in [1.29, 1.82) is 0 Å². The highest BCUT2D eigenvalue weighted by molar-refractivity contribution is 5.94. The average Bonchev–Trinajstić information content (AvgIpc) is 3.07. The lowest BCUT2D eigenvalue weighted by molar-refractivity contribution is 0.0934. The number of hydrogen-bond donors (Lipinski definition) is 2. The SMILES string of the molecule is CCC(NC(=O)c1ccc(-c2cc(C)n[nH]c2=O)cc1)c1ccnn1C. The molecule has 2 aromatic heterocycles. The van der Waals surface area contributed by atoms with Crippen molar-refractivity contribution in [2.24, 2.45) is 7.05 Å². The van der Waals surface area contributed by atoms with Crippen LogP contribution in [0.15, 0.2) is 47.4 Å². The van der Waals surface area contributed by atoms with Gasteiger partial charge in [-0.3, -0.25) is 14.3 Å². The van der Waals surface area contributed by atoms with Crippen molar-refractivity contribution in [3.63, 3.8) is 0 Å². The number of carbonyl (C=O) groups is 1. The van der Waals surface area contributed by atoms with E-state index in [0.29, 0.717) is 11.1 Å². The largest absolute Gasteiger partial charge is 0.344 e. The Hall–Kier alpha value is -3.22. The van der Waals surface area contributed by atoms with Crippen molar-refractivity contribution in [3.8, 4) is 11.1 Å². The first kappa shape index (κ1) is 17.6. The van der Waals surface area contributed by atoms with Crippen molar-refractivity contribution >= 4 is 5.91 Å². The number of H-pyrrole nitrogens is 1. The van der Waals surface area contributed by atoms with Crippen molar-refractivity contribution in [2.75, 3.05) is 0 Å². The minimum absolute atomic E-state index is 0.111. The molecule has 26 heavy (non-hydrogen) atoms. The highest BCUT2D eigenvalue weighted by Crippen LogP contribution is 2.19. The van der Waals surface area contributed by atoms with E-state index in [1.165, 1.54) is 0 Å². The molecule has 0 aliphatic carbocycles. The molecular formula is C19H21N5O2. The number of hydrogen-bond acceptors (Lipinski definition) is 4. The van der Waals surface area contributed by atoms with E-state index in [1.54, 1.807) is 41.2 Å². The van der Waals surface area contributed by atoms with Crippen LogP contribution in [0.3, 0.4) is 0 Å². The minimum atomic E-state index is -0.255. The van der Waals surface area contributed by atoms with E-state index in [-0.39, 0.29) is 17.5 Å². The summed E-state index contributed by atoms with van der Waals surface area (Å²) < 4.78 is 1.76. The molecule has 0 aliphatic heterocycles. The number of rotatable bonds is 5. The van der Waals surface area contributed by atoms with Crippen LogP contribution in [0.5, 0.6) is 0 Å². The first-order valence-corrected chi connectivity index (χ1v) is 8.45. The van der Waals surface area contributed by atoms with E-state index in [4.69, 9.17) is 0 Å². The van der Waals surface area contributed by atoms with Crippen LogP contribution in [0.25, 0.3) is 11.1 Å². The lowest BCUT2D eigenvalue weighted by Crippen LogP contribution is -2.29. The van der Waals surface area contributed by atoms with Gasteiger partial charge in [0, 0.05) is 18.8 Å². The Morgan fingerprint density at radius 2 is 2.00 bits per heavy atom. The van der Waals surface area contributed by atoms with Crippen LogP contribution in [0.4, 0.5) is 0 Å². The summed E-state index contributed by atoms with van der Waals surface area (Å²) in [7, 11) is 1.85. The number of aromatic amines is 1. The Morgan fingerprint density at radius 1 is 1.27 bits per heavy atom. The first-order chi connectivity index (χ1) is 12.5. The highest BCUT2D eigenvalue weighted by Gasteiger charge is 2.17. The van der Waals surface area contributed by atoms with Gasteiger partial charge >= 0.3 is 0 Å². The molecular weight excluding hydrogens is 330 g/mol. The summed E-state index contributed by atoms with van der Waals surface area (Å²) in [4.78, 5) is 24.5. The standard InChI is InChI=1S/C19H21N5O2/c1-4-16(17-9-10-20-24(17)3)21-18(25)14-7-5-13(6-8-14)15-11-12(2)22-23-19(15)26/h5-11,16H,4H2,1-3H3,(H,21,25)(H,23,26). The van der Waals surface area contributed by atoms with Gasteiger partial charge in [-0.05, 0) is 43.2 Å². The van der Waals surface area contributed by atoms with E-state index in [9.17, 15) is 9.59 Å². The Balaban J connectivity index is 1.80. The normalized spacial score (nSPS) is 12.0. The quantitative estimate of drug-likeness (QED) is 0.738. The molecule has 0 radical (unpaired) electrons. The molecule has 7 nitrogen and oxygen atoms in total. The van der Waals surface area contributed by atoms with Gasteiger partial charge in [0.05, 0.1) is 23.0 Å². The van der Waals surface area contributed by atoms with Crippen LogP contribution in [-0.2, 0) is 7.05 Å². The third-order valence-corrected chi connectivity index (χ3v) is 4.32. The molecule has 0 fully saturated rings. The zero-order chi connectivity index (χ0) is 18.7. The molecule has 0 saturated heterocycles. The van der Waals surface area contributed by atoms with E-state index >= 15 is 0 Å². The molecule has 3 rings (SSSR count). The number of benzene rings is 1. The molecule has 7 heteroatoms. The van der Waals surface area contributed by atoms with Gasteiger partial charge in [0.2, 0.25) is 0 Å². The summed E-state index contributed by atoms with van der Waals surface area (Å²) in [6.45, 7) is 3.82. The van der Waals surface area contributed by atoms with Crippen LogP contribution >= 0.6 is 0 Å². The molecule has 1 unspecified atom stereocenters. The van der Waals surface area contributed by atoms with E-state index < -0.39 is 0 Å². The van der Waals surface area contributed by atoms with Crippen molar-refractivity contribution in [3.05, 3.63) is 69.9 Å². The zero-order valence-corrected chi connectivity index (χ0v) is 15.0. The molecule has 1 atom stereocenters. The van der Waals surface area contributed by atoms with Crippen LogP contribution in [-0.4, -0.2) is 25.9 Å². The number of carbonyl (C=O) groups excluding carboxylic acids is 1. The van der Waals surface area contributed by atoms with Crippen molar-refractivity contribution in [1.82, 2.24) is 25.3 Å². The molecule has 0 spiro atoms. The molecule has 134 valence electrons. The van der Waals surface area contributed by atoms with Gasteiger partial charge < -0.3 is 5.32 Å². The summed E-state index contributed by atoms with van der Waals surface area (Å²) in [6, 6.07) is 10.5. The lowest BCUT2D eigenvalue weighted by atomic mass is 10.0. The first-order valence-electron chi connectivity index (χ1n) is 8.45. The molecule has 3 aromatic rings. The summed E-state index contributed by atoms with van der Waals surface area (Å²) in [5, 5.41) is 13.5. The van der Waals surface area contributed by atoms with Gasteiger partial charge in [-0.15, -0.1) is 0 Å². The molecule has 1 amide bonds. The third kappa shape index (κ3) is 3.56. The van der Waals surface area contributed by atoms with Crippen LogP contribution in [0.2, 0.25) is 0 Å². The number of nitrogens with one attached hydrogen (secondary N) is 2. The number of aromatic nitrogens is 4. The van der Waals surface area contributed by atoms with Gasteiger partial charge in [0.25, 0.3) is 11.5 Å². The van der Waals surface area contributed by atoms with E-state index in [1.807, 2.05) is 27.0 Å². The lowest BCUT2D eigenvalue weighted by Gasteiger charge is -2.17. The number of aryl methyl sites for hydroxylation is 2. The smallest absolute Gasteiger partial charge is 0.272 e. The fourth-order valence-electron chi connectivity index (χ4n) is 2.87. The van der Waals surface area contributed by atoms with Crippen molar-refractivity contribution < 1.29 is 4.79 Å². The predicted octanol–water partition coefficient (Wildman–Crippen LogP) is 2.36. The second kappa shape index (κ2) is 7.35. The van der Waals surface area contributed by atoms with Gasteiger partial charge in [-0.1, -0.05) is 19.1 Å². The van der Waals surface area contributed by atoms with Crippen LogP contribution < -0.4 is 10.9 Å².